The molecular formula is C27H36N6O2. The Morgan fingerprint density at radius 2 is 1.94 bits per heavy atom. The summed E-state index contributed by atoms with van der Waals surface area (Å²) in [6, 6.07) is 10.8. The molecule has 8 nitrogen and oxygen atoms in total. The maximum Gasteiger partial charge on any atom is 0.410 e. The molecule has 5 rings (SSSR count). The Balaban J connectivity index is 1.29. The molecule has 1 aliphatic heterocycles. The van der Waals surface area contributed by atoms with E-state index in [0.717, 1.165) is 49.6 Å². The third kappa shape index (κ3) is 5.12. The quantitative estimate of drug-likeness (QED) is 0.560. The fourth-order valence-electron chi connectivity index (χ4n) is 5.20. The highest BCUT2D eigenvalue weighted by Crippen LogP contribution is 2.32. The van der Waals surface area contributed by atoms with Crippen molar-refractivity contribution in [2.24, 2.45) is 0 Å². The average molecular weight is 477 g/mol. The van der Waals surface area contributed by atoms with Crippen molar-refractivity contribution in [3.8, 4) is 0 Å². The summed E-state index contributed by atoms with van der Waals surface area (Å²) in [5.74, 6) is 1.11. The largest absolute Gasteiger partial charge is 0.444 e. The number of nitrogens with zero attached hydrogens (tertiary/aromatic N) is 6. The first kappa shape index (κ1) is 23.6. The zero-order chi connectivity index (χ0) is 24.6. The van der Waals surface area contributed by atoms with E-state index in [0.29, 0.717) is 19.1 Å². The third-order valence-corrected chi connectivity index (χ3v) is 6.88. The molecule has 8 heteroatoms. The average Bonchev–Trinajstić information content (AvgIpc) is 3.25. The highest BCUT2D eigenvalue weighted by atomic mass is 16.6. The minimum absolute atomic E-state index is 0.234. The Kier molecular flexibility index (Phi) is 6.40. The van der Waals surface area contributed by atoms with Crippen molar-refractivity contribution in [1.82, 2.24) is 24.2 Å². The van der Waals surface area contributed by atoms with E-state index in [1.807, 2.05) is 33.0 Å². The van der Waals surface area contributed by atoms with E-state index in [-0.39, 0.29) is 6.09 Å². The summed E-state index contributed by atoms with van der Waals surface area (Å²) in [7, 11) is 2.18. The summed E-state index contributed by atoms with van der Waals surface area (Å²) in [6.45, 7) is 9.28. The topological polar surface area (TPSA) is 66.2 Å². The van der Waals surface area contributed by atoms with Gasteiger partial charge in [-0.05, 0) is 70.8 Å². The Morgan fingerprint density at radius 3 is 2.71 bits per heavy atom. The number of piperazine rings is 1. The lowest BCUT2D eigenvalue weighted by atomic mass is 9.91. The molecule has 1 saturated heterocycles. The van der Waals surface area contributed by atoms with Gasteiger partial charge in [-0.3, -0.25) is 14.3 Å². The number of imidazole rings is 1. The van der Waals surface area contributed by atoms with Gasteiger partial charge in [-0.1, -0.05) is 12.1 Å². The smallest absolute Gasteiger partial charge is 0.410 e. The van der Waals surface area contributed by atoms with Gasteiger partial charge in [-0.25, -0.2) is 9.78 Å². The summed E-state index contributed by atoms with van der Waals surface area (Å²) in [4.78, 5) is 28.6. The van der Waals surface area contributed by atoms with Gasteiger partial charge < -0.3 is 14.5 Å². The van der Waals surface area contributed by atoms with Crippen LogP contribution in [0.25, 0.3) is 5.65 Å². The van der Waals surface area contributed by atoms with E-state index < -0.39 is 5.60 Å². The van der Waals surface area contributed by atoms with Crippen LogP contribution < -0.4 is 4.90 Å². The number of ether oxygens (including phenoxy) is 1. The zero-order valence-corrected chi connectivity index (χ0v) is 21.3. The number of aryl methyl sites for hydroxylation is 1. The van der Waals surface area contributed by atoms with Gasteiger partial charge in [0, 0.05) is 45.1 Å². The van der Waals surface area contributed by atoms with Crippen LogP contribution in [0.3, 0.4) is 0 Å². The van der Waals surface area contributed by atoms with Crippen LogP contribution in [0.2, 0.25) is 0 Å². The van der Waals surface area contributed by atoms with Crippen molar-refractivity contribution in [2.45, 2.75) is 58.2 Å². The van der Waals surface area contributed by atoms with Gasteiger partial charge >= 0.3 is 6.09 Å². The molecule has 1 amide bonds. The number of amides is 1. The van der Waals surface area contributed by atoms with Gasteiger partial charge in [-0.2, -0.15) is 0 Å². The lowest BCUT2D eigenvalue weighted by Gasteiger charge is -2.36. The van der Waals surface area contributed by atoms with Crippen molar-refractivity contribution in [2.75, 3.05) is 38.1 Å². The number of carbonyl (C=O) groups excluding carboxylic acids is 1. The number of pyridine rings is 2. The van der Waals surface area contributed by atoms with Crippen LogP contribution in [0.1, 0.15) is 56.6 Å². The molecule has 1 atom stereocenters. The number of anilines is 1. The molecule has 1 unspecified atom stereocenters. The van der Waals surface area contributed by atoms with Gasteiger partial charge in [0.05, 0.1) is 17.4 Å². The standard InChI is InChI=1S/C27H36N6O2/c1-27(2,3)35-26(34)32-16-14-31(15-17-32)24-12-6-11-23-29-21(19-33(23)24)18-30(4)22-10-5-8-20-9-7-13-28-25(20)22/h6-7,9,11-13,19,22H,5,8,10,14-18H2,1-4H3. The van der Waals surface area contributed by atoms with Crippen molar-refractivity contribution in [3.05, 3.63) is 59.7 Å². The molecule has 0 bridgehead atoms. The van der Waals surface area contributed by atoms with Gasteiger partial charge in [-0.15, -0.1) is 0 Å². The predicted molar refractivity (Wildman–Crippen MR) is 137 cm³/mol. The number of hydrogen-bond donors (Lipinski definition) is 0. The predicted octanol–water partition coefficient (Wildman–Crippen LogP) is 4.30. The summed E-state index contributed by atoms with van der Waals surface area (Å²) in [5, 5.41) is 0. The van der Waals surface area contributed by atoms with Crippen LogP contribution in [0.15, 0.2) is 42.7 Å². The number of fused-ring (bicyclic) bond motifs is 2. The minimum Gasteiger partial charge on any atom is -0.444 e. The molecule has 35 heavy (non-hydrogen) atoms. The Labute approximate surface area is 207 Å². The van der Waals surface area contributed by atoms with Crippen LogP contribution in [-0.4, -0.2) is 69.1 Å². The molecule has 0 saturated carbocycles. The van der Waals surface area contributed by atoms with E-state index in [1.165, 1.54) is 17.7 Å². The summed E-state index contributed by atoms with van der Waals surface area (Å²) in [6.07, 6.45) is 7.27. The first-order chi connectivity index (χ1) is 16.8. The van der Waals surface area contributed by atoms with Gasteiger partial charge in [0.2, 0.25) is 0 Å². The van der Waals surface area contributed by atoms with E-state index in [2.05, 4.69) is 51.7 Å². The SMILES string of the molecule is CN(Cc1cn2c(N3CCN(C(=O)OC(C)(C)C)CC3)cccc2n1)C1CCCc2cccnc21. The van der Waals surface area contributed by atoms with Crippen molar-refractivity contribution in [3.63, 3.8) is 0 Å². The van der Waals surface area contributed by atoms with E-state index in [9.17, 15) is 4.79 Å². The summed E-state index contributed by atoms with van der Waals surface area (Å²) < 4.78 is 7.72. The second-order valence-electron chi connectivity index (χ2n) is 10.7. The zero-order valence-electron chi connectivity index (χ0n) is 21.3. The Hall–Kier alpha value is -3.13. The first-order valence-corrected chi connectivity index (χ1v) is 12.6. The molecule has 4 heterocycles. The summed E-state index contributed by atoms with van der Waals surface area (Å²) in [5.41, 5.74) is 4.11. The second kappa shape index (κ2) is 9.49. The highest BCUT2D eigenvalue weighted by molar-refractivity contribution is 5.68. The van der Waals surface area contributed by atoms with E-state index in [1.54, 1.807) is 4.90 Å². The van der Waals surface area contributed by atoms with Crippen LogP contribution in [0.4, 0.5) is 10.6 Å². The van der Waals surface area contributed by atoms with Crippen LogP contribution >= 0.6 is 0 Å². The van der Waals surface area contributed by atoms with Crippen molar-refractivity contribution in [1.29, 1.82) is 0 Å². The Bertz CT molecular complexity index is 1190. The Morgan fingerprint density at radius 1 is 1.14 bits per heavy atom. The number of carbonyl (C=O) groups is 1. The number of aromatic nitrogens is 3. The van der Waals surface area contributed by atoms with Crippen molar-refractivity contribution < 1.29 is 9.53 Å². The molecule has 0 N–H and O–H groups in total. The molecule has 0 radical (unpaired) electrons. The molecule has 0 spiro atoms. The molecule has 3 aromatic heterocycles. The highest BCUT2D eigenvalue weighted by Gasteiger charge is 2.28. The number of hydrogen-bond acceptors (Lipinski definition) is 6. The lowest BCUT2D eigenvalue weighted by Crippen LogP contribution is -2.50. The number of rotatable bonds is 4. The minimum atomic E-state index is -0.476. The van der Waals surface area contributed by atoms with Crippen LogP contribution in [-0.2, 0) is 17.7 Å². The molecule has 186 valence electrons. The van der Waals surface area contributed by atoms with Crippen molar-refractivity contribution >= 4 is 17.6 Å². The normalized spacial score (nSPS) is 18.7. The first-order valence-electron chi connectivity index (χ1n) is 12.6. The lowest BCUT2D eigenvalue weighted by molar-refractivity contribution is 0.0240. The third-order valence-electron chi connectivity index (χ3n) is 6.88. The molecule has 2 aliphatic rings. The van der Waals surface area contributed by atoms with Crippen LogP contribution in [0.5, 0.6) is 0 Å². The molecule has 1 aliphatic carbocycles. The maximum absolute atomic E-state index is 12.4. The van der Waals surface area contributed by atoms with Gasteiger partial charge in [0.1, 0.15) is 17.1 Å². The fourth-order valence-corrected chi connectivity index (χ4v) is 5.20. The molecule has 3 aromatic rings. The molecule has 0 aromatic carbocycles. The summed E-state index contributed by atoms with van der Waals surface area (Å²) >= 11 is 0. The second-order valence-corrected chi connectivity index (χ2v) is 10.7. The van der Waals surface area contributed by atoms with E-state index >= 15 is 0 Å². The van der Waals surface area contributed by atoms with Gasteiger partial charge in [0.25, 0.3) is 0 Å². The van der Waals surface area contributed by atoms with Crippen LogP contribution in [0, 0.1) is 0 Å². The maximum atomic E-state index is 12.4. The monoisotopic (exact) mass is 476 g/mol. The van der Waals surface area contributed by atoms with Gasteiger partial charge in [0.15, 0.2) is 0 Å². The van der Waals surface area contributed by atoms with E-state index in [4.69, 9.17) is 14.7 Å². The molecular weight excluding hydrogens is 440 g/mol. The molecule has 1 fully saturated rings. The fraction of sp³-hybridized carbons (Fsp3) is 0.519.